The number of carbonyl (C=O) groups is 1. The first kappa shape index (κ1) is 16.5. The molecule has 7 heteroatoms. The second-order valence-corrected chi connectivity index (χ2v) is 8.25. The number of hydrogen-bond donors (Lipinski definition) is 2. The highest BCUT2D eigenvalue weighted by molar-refractivity contribution is 7.73. The topological polar surface area (TPSA) is 62.7 Å². The summed E-state index contributed by atoms with van der Waals surface area (Å²) in [5.41, 5.74) is 3.89. The van der Waals surface area contributed by atoms with E-state index in [0.29, 0.717) is 10.4 Å². The average Bonchev–Trinajstić information content (AvgIpc) is 2.95. The number of thiazole rings is 1. The van der Waals surface area contributed by atoms with E-state index in [4.69, 9.17) is 17.2 Å². The fourth-order valence-corrected chi connectivity index (χ4v) is 4.67. The summed E-state index contributed by atoms with van der Waals surface area (Å²) in [5, 5.41) is 2.98. The molecule has 5 nitrogen and oxygen atoms in total. The van der Waals surface area contributed by atoms with Crippen molar-refractivity contribution in [3.8, 4) is 0 Å². The smallest absolute Gasteiger partial charge is 0.229 e. The van der Waals surface area contributed by atoms with Gasteiger partial charge < -0.3 is 14.9 Å². The molecule has 0 aliphatic carbocycles. The summed E-state index contributed by atoms with van der Waals surface area (Å²) in [6.45, 7) is 2.98. The molecule has 1 amide bonds. The molecule has 4 rings (SSSR count). The molecule has 130 valence electrons. The summed E-state index contributed by atoms with van der Waals surface area (Å²) >= 11 is 6.59. The first-order chi connectivity index (χ1) is 12.1. The van der Waals surface area contributed by atoms with Gasteiger partial charge in [-0.15, -0.1) is 11.3 Å². The van der Waals surface area contributed by atoms with E-state index >= 15 is 0 Å². The minimum atomic E-state index is -0.0338. The Bertz CT molecular complexity index is 998. The zero-order chi connectivity index (χ0) is 17.4. The first-order valence-electron chi connectivity index (χ1n) is 8.58. The number of aromatic nitrogens is 3. The maximum atomic E-state index is 12.3. The van der Waals surface area contributed by atoms with E-state index in [-0.39, 0.29) is 5.91 Å². The van der Waals surface area contributed by atoms with E-state index in [2.05, 4.69) is 20.9 Å². The number of rotatable bonds is 3. The number of fused-ring (bicyclic) bond motifs is 3. The predicted octanol–water partition coefficient (Wildman–Crippen LogP) is 4.37. The lowest BCUT2D eigenvalue weighted by molar-refractivity contribution is -0.115. The number of anilines is 1. The second kappa shape index (κ2) is 6.72. The number of H-pyrrole nitrogens is 1. The lowest BCUT2D eigenvalue weighted by Gasteiger charge is -2.06. The molecule has 0 bridgehead atoms. The molecule has 3 aromatic rings. The van der Waals surface area contributed by atoms with Crippen LogP contribution in [0.25, 0.3) is 11.0 Å². The normalized spacial score (nSPS) is 14.3. The van der Waals surface area contributed by atoms with Crippen molar-refractivity contribution in [2.75, 3.05) is 5.32 Å². The molecule has 1 aliphatic rings. The number of amides is 1. The van der Waals surface area contributed by atoms with Crippen LogP contribution in [0.2, 0.25) is 0 Å². The minimum absolute atomic E-state index is 0.0338. The molecule has 2 aromatic heterocycles. The number of nitrogens with zero attached hydrogens (tertiary/aromatic N) is 2. The standard InChI is InChI=1S/C18H20N4OS2/c1-11-15(25-18(24)19-11)10-17(23)20-12-6-7-14-13(9-12)21-16-5-3-2-4-8-22(14)16/h6-7,9H,2-5,8,10H2,1H3,(H,19,24)(H,20,23). The Labute approximate surface area is 155 Å². The van der Waals surface area contributed by atoms with E-state index in [1.54, 1.807) is 0 Å². The van der Waals surface area contributed by atoms with Crippen LogP contribution < -0.4 is 5.32 Å². The zero-order valence-corrected chi connectivity index (χ0v) is 15.7. The summed E-state index contributed by atoms with van der Waals surface area (Å²) in [6.07, 6.45) is 5.05. The number of imidazole rings is 1. The molecule has 1 aromatic carbocycles. The van der Waals surface area contributed by atoms with Crippen LogP contribution in [0, 0.1) is 10.9 Å². The van der Waals surface area contributed by atoms with Gasteiger partial charge in [0.25, 0.3) is 0 Å². The quantitative estimate of drug-likeness (QED) is 0.671. The Morgan fingerprint density at radius 1 is 1.40 bits per heavy atom. The Morgan fingerprint density at radius 3 is 3.08 bits per heavy atom. The van der Waals surface area contributed by atoms with Crippen LogP contribution in [0.4, 0.5) is 5.69 Å². The minimum Gasteiger partial charge on any atom is -0.341 e. The number of benzene rings is 1. The van der Waals surface area contributed by atoms with Crippen molar-refractivity contribution in [3.63, 3.8) is 0 Å². The largest absolute Gasteiger partial charge is 0.341 e. The lowest BCUT2D eigenvalue weighted by Crippen LogP contribution is -2.14. The molecule has 0 saturated heterocycles. The predicted molar refractivity (Wildman–Crippen MR) is 104 cm³/mol. The molecule has 3 heterocycles. The second-order valence-electron chi connectivity index (χ2n) is 6.48. The van der Waals surface area contributed by atoms with Crippen LogP contribution in [-0.2, 0) is 24.2 Å². The fourth-order valence-electron chi connectivity index (χ4n) is 3.38. The highest BCUT2D eigenvalue weighted by Crippen LogP contribution is 2.24. The summed E-state index contributed by atoms with van der Waals surface area (Å²) in [4.78, 5) is 21.2. The number of aryl methyl sites for hydroxylation is 3. The van der Waals surface area contributed by atoms with Gasteiger partial charge >= 0.3 is 0 Å². The van der Waals surface area contributed by atoms with Crippen molar-refractivity contribution >= 4 is 46.2 Å². The summed E-state index contributed by atoms with van der Waals surface area (Å²) in [7, 11) is 0. The van der Waals surface area contributed by atoms with Crippen LogP contribution in [0.1, 0.15) is 35.7 Å². The average molecular weight is 373 g/mol. The SMILES string of the molecule is Cc1[nH]c(=S)sc1CC(=O)Nc1ccc2c(c1)nc1n2CCCCC1. The van der Waals surface area contributed by atoms with Gasteiger partial charge in [0, 0.05) is 29.2 Å². The monoisotopic (exact) mass is 372 g/mol. The molecule has 0 radical (unpaired) electrons. The van der Waals surface area contributed by atoms with Crippen LogP contribution in [-0.4, -0.2) is 20.4 Å². The molecule has 1 aliphatic heterocycles. The number of aromatic amines is 1. The van der Waals surface area contributed by atoms with Crippen LogP contribution in [0.15, 0.2) is 18.2 Å². The molecule has 0 saturated carbocycles. The van der Waals surface area contributed by atoms with Gasteiger partial charge in [0.1, 0.15) is 5.82 Å². The summed E-state index contributed by atoms with van der Waals surface area (Å²) in [6, 6.07) is 6.00. The Kier molecular flexibility index (Phi) is 4.43. The summed E-state index contributed by atoms with van der Waals surface area (Å²) < 4.78 is 3.03. The van der Waals surface area contributed by atoms with Crippen molar-refractivity contribution in [1.82, 2.24) is 14.5 Å². The summed E-state index contributed by atoms with van der Waals surface area (Å²) in [5.74, 6) is 1.13. The first-order valence-corrected chi connectivity index (χ1v) is 9.80. The van der Waals surface area contributed by atoms with Gasteiger partial charge in [0.2, 0.25) is 5.91 Å². The zero-order valence-electron chi connectivity index (χ0n) is 14.1. The van der Waals surface area contributed by atoms with Gasteiger partial charge in [-0.25, -0.2) is 4.98 Å². The van der Waals surface area contributed by atoms with E-state index in [1.165, 1.54) is 36.4 Å². The molecule has 0 spiro atoms. The van der Waals surface area contributed by atoms with E-state index < -0.39 is 0 Å². The fraction of sp³-hybridized carbons (Fsp3) is 0.389. The van der Waals surface area contributed by atoms with Gasteiger partial charge in [-0.05, 0) is 50.2 Å². The molecule has 25 heavy (non-hydrogen) atoms. The third-order valence-corrected chi connectivity index (χ3v) is 5.97. The Hall–Kier alpha value is -1.99. The maximum absolute atomic E-state index is 12.3. The Morgan fingerprint density at radius 2 is 2.28 bits per heavy atom. The van der Waals surface area contributed by atoms with Gasteiger partial charge in [0.05, 0.1) is 17.5 Å². The van der Waals surface area contributed by atoms with Crippen LogP contribution in [0.3, 0.4) is 0 Å². The van der Waals surface area contributed by atoms with Gasteiger partial charge in [-0.1, -0.05) is 6.42 Å². The van der Waals surface area contributed by atoms with Gasteiger partial charge in [0.15, 0.2) is 3.95 Å². The number of carbonyl (C=O) groups excluding carboxylic acids is 1. The third kappa shape index (κ3) is 3.39. The maximum Gasteiger partial charge on any atom is 0.229 e. The molecular weight excluding hydrogens is 352 g/mol. The van der Waals surface area contributed by atoms with Crippen molar-refractivity contribution in [2.45, 2.75) is 45.6 Å². The van der Waals surface area contributed by atoms with E-state index in [0.717, 1.165) is 40.3 Å². The highest BCUT2D eigenvalue weighted by atomic mass is 32.1. The van der Waals surface area contributed by atoms with E-state index in [1.807, 2.05) is 19.1 Å². The van der Waals surface area contributed by atoms with Crippen molar-refractivity contribution < 1.29 is 4.79 Å². The van der Waals surface area contributed by atoms with Crippen LogP contribution in [0.5, 0.6) is 0 Å². The molecule has 0 atom stereocenters. The molecule has 2 N–H and O–H groups in total. The highest BCUT2D eigenvalue weighted by Gasteiger charge is 2.14. The van der Waals surface area contributed by atoms with Gasteiger partial charge in [-0.2, -0.15) is 0 Å². The third-order valence-electron chi connectivity index (χ3n) is 4.64. The lowest BCUT2D eigenvalue weighted by atomic mass is 10.2. The number of nitrogens with one attached hydrogen (secondary N) is 2. The van der Waals surface area contributed by atoms with Gasteiger partial charge in [-0.3, -0.25) is 4.79 Å². The molecule has 0 unspecified atom stereocenters. The van der Waals surface area contributed by atoms with Crippen molar-refractivity contribution in [3.05, 3.63) is 38.5 Å². The number of hydrogen-bond acceptors (Lipinski definition) is 4. The molecular formula is C18H20N4OS2. The van der Waals surface area contributed by atoms with E-state index in [9.17, 15) is 4.79 Å². The van der Waals surface area contributed by atoms with Crippen molar-refractivity contribution in [1.29, 1.82) is 0 Å². The molecule has 0 fully saturated rings. The van der Waals surface area contributed by atoms with Crippen LogP contribution >= 0.6 is 23.6 Å². The Balaban J connectivity index is 1.54. The van der Waals surface area contributed by atoms with Crippen molar-refractivity contribution in [2.24, 2.45) is 0 Å².